The molecule has 0 spiro atoms. The van der Waals surface area contributed by atoms with Crippen molar-refractivity contribution in [3.63, 3.8) is 0 Å². The van der Waals surface area contributed by atoms with Crippen molar-refractivity contribution in [1.29, 1.82) is 0 Å². The van der Waals surface area contributed by atoms with Crippen LogP contribution in [0.4, 0.5) is 4.79 Å². The van der Waals surface area contributed by atoms with Crippen LogP contribution in [-0.4, -0.2) is 71.3 Å². The van der Waals surface area contributed by atoms with Gasteiger partial charge >= 0.3 is 6.03 Å². The maximum atomic E-state index is 12.3. The Kier molecular flexibility index (Phi) is 5.85. The van der Waals surface area contributed by atoms with Crippen LogP contribution in [0.1, 0.15) is 37.4 Å². The van der Waals surface area contributed by atoms with E-state index in [0.717, 1.165) is 12.8 Å². The van der Waals surface area contributed by atoms with Crippen LogP contribution in [0, 0.1) is 0 Å². The van der Waals surface area contributed by atoms with Crippen LogP contribution in [0.2, 0.25) is 0 Å². The molecule has 2 aliphatic rings. The van der Waals surface area contributed by atoms with E-state index in [-0.39, 0.29) is 25.0 Å². The van der Waals surface area contributed by atoms with Gasteiger partial charge in [0.25, 0.3) is 0 Å². The first-order chi connectivity index (χ1) is 12.2. The average molecular weight is 351 g/mol. The highest BCUT2D eigenvalue weighted by Gasteiger charge is 2.32. The maximum absolute atomic E-state index is 12.3. The fourth-order valence-electron chi connectivity index (χ4n) is 3.38. The molecule has 1 aliphatic heterocycles. The Morgan fingerprint density at radius 2 is 2.16 bits per heavy atom. The number of hydrogen-bond acceptors (Lipinski definition) is 6. The quantitative estimate of drug-likeness (QED) is 0.803. The molecule has 9 heteroatoms. The molecule has 1 aliphatic carbocycles. The monoisotopic (exact) mass is 351 g/mol. The Balaban J connectivity index is 1.44. The fraction of sp³-hybridized carbons (Fsp3) is 0.750. The largest absolute Gasteiger partial charge is 0.384 e. The SMILES string of the molecule is COCCc1noc(CNC(=O)N2CCN(C3CCCC3)C(=O)C2)n1. The Hall–Kier alpha value is -2.16. The molecule has 2 heterocycles. The van der Waals surface area contributed by atoms with E-state index in [2.05, 4.69) is 15.5 Å². The maximum Gasteiger partial charge on any atom is 0.318 e. The molecule has 0 bridgehead atoms. The summed E-state index contributed by atoms with van der Waals surface area (Å²) in [4.78, 5) is 32.2. The van der Waals surface area contributed by atoms with Crippen LogP contribution in [0.15, 0.2) is 4.52 Å². The molecule has 1 saturated carbocycles. The van der Waals surface area contributed by atoms with Crippen molar-refractivity contribution in [2.45, 2.75) is 44.7 Å². The molecule has 0 aromatic carbocycles. The predicted octanol–water partition coefficient (Wildman–Crippen LogP) is 0.555. The fourth-order valence-corrected chi connectivity index (χ4v) is 3.38. The number of urea groups is 1. The van der Waals surface area contributed by atoms with Gasteiger partial charge in [0, 0.05) is 32.7 Å². The lowest BCUT2D eigenvalue weighted by atomic mass is 10.2. The Morgan fingerprint density at radius 3 is 2.88 bits per heavy atom. The second-order valence-corrected chi connectivity index (χ2v) is 6.45. The van der Waals surface area contributed by atoms with Gasteiger partial charge in [0.2, 0.25) is 11.8 Å². The summed E-state index contributed by atoms with van der Waals surface area (Å²) in [6, 6.07) is 0.0812. The van der Waals surface area contributed by atoms with Crippen molar-refractivity contribution in [3.8, 4) is 0 Å². The smallest absolute Gasteiger partial charge is 0.318 e. The highest BCUT2D eigenvalue weighted by atomic mass is 16.5. The Bertz CT molecular complexity index is 599. The number of aromatic nitrogens is 2. The van der Waals surface area contributed by atoms with Crippen molar-refractivity contribution in [3.05, 3.63) is 11.7 Å². The first kappa shape index (κ1) is 17.7. The number of hydrogen-bond donors (Lipinski definition) is 1. The van der Waals surface area contributed by atoms with Gasteiger partial charge in [0.1, 0.15) is 6.54 Å². The molecular formula is C16H25N5O4. The lowest BCUT2D eigenvalue weighted by molar-refractivity contribution is -0.137. The number of amides is 3. The average Bonchev–Trinajstić information content (AvgIpc) is 3.29. The zero-order valence-corrected chi connectivity index (χ0v) is 14.6. The number of nitrogens with one attached hydrogen (secondary N) is 1. The van der Waals surface area contributed by atoms with E-state index in [1.807, 2.05) is 4.90 Å². The summed E-state index contributed by atoms with van der Waals surface area (Å²) >= 11 is 0. The minimum atomic E-state index is -0.281. The molecule has 1 aromatic rings. The molecule has 0 radical (unpaired) electrons. The number of carbonyl (C=O) groups is 2. The number of ether oxygens (including phenoxy) is 1. The van der Waals surface area contributed by atoms with Gasteiger partial charge in [0.05, 0.1) is 13.2 Å². The first-order valence-corrected chi connectivity index (χ1v) is 8.80. The highest BCUT2D eigenvalue weighted by molar-refractivity contribution is 5.85. The Labute approximate surface area is 146 Å². The molecule has 25 heavy (non-hydrogen) atoms. The number of nitrogens with zero attached hydrogens (tertiary/aromatic N) is 4. The predicted molar refractivity (Wildman–Crippen MR) is 87.7 cm³/mol. The van der Waals surface area contributed by atoms with E-state index in [4.69, 9.17) is 9.26 Å². The van der Waals surface area contributed by atoms with E-state index in [1.165, 1.54) is 17.7 Å². The van der Waals surface area contributed by atoms with Crippen molar-refractivity contribution in [2.24, 2.45) is 0 Å². The van der Waals surface area contributed by atoms with Crippen molar-refractivity contribution >= 4 is 11.9 Å². The summed E-state index contributed by atoms with van der Waals surface area (Å²) in [5.74, 6) is 0.926. The van der Waals surface area contributed by atoms with Crippen LogP contribution in [0.5, 0.6) is 0 Å². The molecule has 3 rings (SSSR count). The third kappa shape index (κ3) is 4.47. The molecule has 138 valence electrons. The van der Waals surface area contributed by atoms with E-state index in [1.54, 1.807) is 7.11 Å². The van der Waals surface area contributed by atoms with Gasteiger partial charge in [-0.1, -0.05) is 18.0 Å². The van der Waals surface area contributed by atoms with Crippen LogP contribution >= 0.6 is 0 Å². The molecule has 3 amide bonds. The molecule has 1 saturated heterocycles. The topological polar surface area (TPSA) is 101 Å². The van der Waals surface area contributed by atoms with Crippen LogP contribution < -0.4 is 5.32 Å². The molecular weight excluding hydrogens is 326 g/mol. The summed E-state index contributed by atoms with van der Waals surface area (Å²) in [7, 11) is 1.61. The van der Waals surface area contributed by atoms with Gasteiger partial charge in [0.15, 0.2) is 5.82 Å². The molecule has 0 unspecified atom stereocenters. The van der Waals surface area contributed by atoms with Crippen LogP contribution in [0.3, 0.4) is 0 Å². The number of carbonyl (C=O) groups excluding carboxylic acids is 2. The van der Waals surface area contributed by atoms with Crippen molar-refractivity contribution in [2.75, 3.05) is 33.4 Å². The lowest BCUT2D eigenvalue weighted by Crippen LogP contribution is -2.56. The van der Waals surface area contributed by atoms with Gasteiger partial charge in [-0.2, -0.15) is 4.98 Å². The van der Waals surface area contributed by atoms with Gasteiger partial charge < -0.3 is 24.4 Å². The van der Waals surface area contributed by atoms with E-state index in [0.29, 0.717) is 43.9 Å². The zero-order chi connectivity index (χ0) is 17.6. The van der Waals surface area contributed by atoms with Crippen LogP contribution in [-0.2, 0) is 22.5 Å². The number of methoxy groups -OCH3 is 1. The lowest BCUT2D eigenvalue weighted by Gasteiger charge is -2.37. The molecule has 1 N–H and O–H groups in total. The number of piperazine rings is 1. The number of rotatable bonds is 6. The van der Waals surface area contributed by atoms with Gasteiger partial charge in [-0.25, -0.2) is 4.79 Å². The van der Waals surface area contributed by atoms with E-state index >= 15 is 0 Å². The summed E-state index contributed by atoms with van der Waals surface area (Å²) in [5, 5.41) is 6.55. The first-order valence-electron chi connectivity index (χ1n) is 8.80. The second-order valence-electron chi connectivity index (χ2n) is 6.45. The van der Waals surface area contributed by atoms with Crippen molar-refractivity contribution < 1.29 is 18.8 Å². The summed E-state index contributed by atoms with van der Waals surface area (Å²) in [6.07, 6.45) is 5.11. The summed E-state index contributed by atoms with van der Waals surface area (Å²) in [5.41, 5.74) is 0. The zero-order valence-electron chi connectivity index (χ0n) is 14.6. The van der Waals surface area contributed by atoms with Crippen LogP contribution in [0.25, 0.3) is 0 Å². The normalized spacial score (nSPS) is 18.8. The van der Waals surface area contributed by atoms with Crippen molar-refractivity contribution in [1.82, 2.24) is 25.3 Å². The van der Waals surface area contributed by atoms with E-state index in [9.17, 15) is 9.59 Å². The third-order valence-electron chi connectivity index (χ3n) is 4.74. The van der Waals surface area contributed by atoms with Gasteiger partial charge in [-0.05, 0) is 12.8 Å². The second kappa shape index (κ2) is 8.28. The molecule has 2 fully saturated rings. The molecule has 1 aromatic heterocycles. The van der Waals surface area contributed by atoms with Gasteiger partial charge in [-0.3, -0.25) is 4.79 Å². The van der Waals surface area contributed by atoms with E-state index < -0.39 is 0 Å². The Morgan fingerprint density at radius 1 is 1.36 bits per heavy atom. The summed E-state index contributed by atoms with van der Waals surface area (Å²) in [6.45, 7) is 1.95. The molecule has 9 nitrogen and oxygen atoms in total. The highest BCUT2D eigenvalue weighted by Crippen LogP contribution is 2.24. The minimum absolute atomic E-state index is 0.0351. The third-order valence-corrected chi connectivity index (χ3v) is 4.74. The van der Waals surface area contributed by atoms with Gasteiger partial charge in [-0.15, -0.1) is 0 Å². The standard InChI is InChI=1S/C16H25N5O4/c1-24-9-6-13-18-14(25-19-13)10-17-16(23)20-7-8-21(15(22)11-20)12-4-2-3-5-12/h12H,2-11H2,1H3,(H,17,23). The molecule has 0 atom stereocenters. The minimum Gasteiger partial charge on any atom is -0.384 e. The summed E-state index contributed by atoms with van der Waals surface area (Å²) < 4.78 is 10.0.